The minimum absolute atomic E-state index is 0.0250. The van der Waals surface area contributed by atoms with E-state index in [4.69, 9.17) is 33.7 Å². The molecule has 0 aliphatic heterocycles. The number of halogens is 5. The van der Waals surface area contributed by atoms with Crippen molar-refractivity contribution in [2.45, 2.75) is 12.7 Å². The van der Waals surface area contributed by atoms with Crippen LogP contribution in [0.1, 0.15) is 16.7 Å². The monoisotopic (exact) mass is 390 g/mol. The van der Waals surface area contributed by atoms with Gasteiger partial charge in [0.05, 0.1) is 5.56 Å². The van der Waals surface area contributed by atoms with E-state index in [1.807, 2.05) is 0 Å². The highest BCUT2D eigenvalue weighted by molar-refractivity contribution is 6.42. The number of alkyl halides is 3. The van der Waals surface area contributed by atoms with Gasteiger partial charge in [0, 0.05) is 27.8 Å². The summed E-state index contributed by atoms with van der Waals surface area (Å²) in [5, 5.41) is 19.9. The smallest absolute Gasteiger partial charge is 0.416 e. The number of anilines is 1. The Bertz CT molecular complexity index is 839. The number of nitrogens with one attached hydrogen (secondary N) is 2. The van der Waals surface area contributed by atoms with Crippen molar-refractivity contribution in [1.29, 1.82) is 5.41 Å². The van der Waals surface area contributed by atoms with E-state index in [0.29, 0.717) is 15.6 Å². The molecule has 0 aliphatic rings. The Balaban J connectivity index is 2.38. The summed E-state index contributed by atoms with van der Waals surface area (Å²) in [6, 6.07) is 7.08. The van der Waals surface area contributed by atoms with Gasteiger partial charge in [-0.1, -0.05) is 29.3 Å². The summed E-state index contributed by atoms with van der Waals surface area (Å²) >= 11 is 11.8. The molecule has 2 rings (SSSR count). The maximum Gasteiger partial charge on any atom is 0.416 e. The van der Waals surface area contributed by atoms with Gasteiger partial charge in [-0.05, 0) is 35.9 Å². The van der Waals surface area contributed by atoms with E-state index in [-0.39, 0.29) is 17.8 Å². The lowest BCUT2D eigenvalue weighted by molar-refractivity contribution is -0.137. The second-order valence-corrected chi connectivity index (χ2v) is 5.87. The molecule has 0 bridgehead atoms. The van der Waals surface area contributed by atoms with Crippen LogP contribution in [0.5, 0.6) is 0 Å². The summed E-state index contributed by atoms with van der Waals surface area (Å²) in [6.07, 6.45) is -4.60. The quantitative estimate of drug-likeness (QED) is 0.623. The van der Waals surface area contributed by atoms with E-state index in [1.54, 1.807) is 12.1 Å². The largest absolute Gasteiger partial charge is 0.477 e. The number of aliphatic carboxylic acids is 1. The predicted molar refractivity (Wildman–Crippen MR) is 89.7 cm³/mol. The van der Waals surface area contributed by atoms with Gasteiger partial charge in [0.2, 0.25) is 0 Å². The van der Waals surface area contributed by atoms with Gasteiger partial charge in [-0.15, -0.1) is 0 Å². The zero-order chi connectivity index (χ0) is 18.8. The number of carboxylic acids is 1. The summed E-state index contributed by atoms with van der Waals surface area (Å²) in [4.78, 5) is 11.0. The molecule has 4 nitrogen and oxygen atoms in total. The maximum absolute atomic E-state index is 12.9. The van der Waals surface area contributed by atoms with Crippen LogP contribution in [0.2, 0.25) is 10.0 Å². The van der Waals surface area contributed by atoms with Crippen LogP contribution in [0.25, 0.3) is 0 Å². The Morgan fingerprint density at radius 3 is 2.40 bits per heavy atom. The van der Waals surface area contributed by atoms with Gasteiger partial charge < -0.3 is 10.4 Å². The highest BCUT2D eigenvalue weighted by Gasteiger charge is 2.31. The number of hydrogen-bond acceptors (Lipinski definition) is 3. The average Bonchev–Trinajstić information content (AvgIpc) is 2.52. The fourth-order valence-electron chi connectivity index (χ4n) is 2.06. The fourth-order valence-corrected chi connectivity index (χ4v) is 2.53. The molecule has 132 valence electrons. The van der Waals surface area contributed by atoms with Gasteiger partial charge in [-0.25, -0.2) is 4.79 Å². The van der Waals surface area contributed by atoms with Crippen molar-refractivity contribution in [2.24, 2.45) is 0 Å². The highest BCUT2D eigenvalue weighted by Crippen LogP contribution is 2.33. The van der Waals surface area contributed by atoms with Crippen LogP contribution in [0, 0.1) is 5.41 Å². The van der Waals surface area contributed by atoms with E-state index in [1.165, 1.54) is 6.07 Å². The molecule has 2 aromatic carbocycles. The Kier molecular flexibility index (Phi) is 5.59. The summed E-state index contributed by atoms with van der Waals surface area (Å²) in [5.41, 5.74) is -1.52. The fraction of sp³-hybridized carbons (Fsp3) is 0.125. The molecule has 0 amide bonds. The molecule has 0 saturated heterocycles. The SMILES string of the molecule is N=C(C(=O)O)c1ccc(C(F)(F)F)cc1NCc1ccc(Cl)cc1Cl. The molecule has 0 saturated carbocycles. The molecular formula is C16H11Cl2F3N2O2. The first kappa shape index (κ1) is 19.1. The topological polar surface area (TPSA) is 73.2 Å². The summed E-state index contributed by atoms with van der Waals surface area (Å²) in [5.74, 6) is -1.55. The maximum atomic E-state index is 12.9. The van der Waals surface area contributed by atoms with Crippen LogP contribution >= 0.6 is 23.2 Å². The standard InChI is InChI=1S/C16H11Cl2F3N2O2/c17-10-3-1-8(12(18)6-10)7-23-13-5-9(16(19,20)21)2-4-11(13)14(22)15(24)25/h1-6,22-23H,7H2,(H,24,25). The van der Waals surface area contributed by atoms with E-state index in [0.717, 1.165) is 18.2 Å². The highest BCUT2D eigenvalue weighted by atomic mass is 35.5. The summed E-state index contributed by atoms with van der Waals surface area (Å²) in [6.45, 7) is 0.0250. The van der Waals surface area contributed by atoms with Crippen molar-refractivity contribution >= 4 is 40.6 Å². The second-order valence-electron chi connectivity index (χ2n) is 5.03. The Morgan fingerprint density at radius 1 is 1.16 bits per heavy atom. The second kappa shape index (κ2) is 7.33. The van der Waals surface area contributed by atoms with Crippen molar-refractivity contribution in [3.05, 3.63) is 63.1 Å². The molecule has 0 fully saturated rings. The lowest BCUT2D eigenvalue weighted by atomic mass is 10.0. The molecular weight excluding hydrogens is 380 g/mol. The van der Waals surface area contributed by atoms with Crippen molar-refractivity contribution in [3.8, 4) is 0 Å². The molecule has 0 spiro atoms. The molecule has 2 aromatic rings. The van der Waals surface area contributed by atoms with Crippen molar-refractivity contribution < 1.29 is 23.1 Å². The zero-order valence-corrected chi connectivity index (χ0v) is 13.9. The van der Waals surface area contributed by atoms with Crippen LogP contribution in [0.4, 0.5) is 18.9 Å². The van der Waals surface area contributed by atoms with Gasteiger partial charge in [0.25, 0.3) is 0 Å². The van der Waals surface area contributed by atoms with Gasteiger partial charge in [-0.3, -0.25) is 5.41 Å². The number of carboxylic acid groups (broad SMARTS) is 1. The van der Waals surface area contributed by atoms with Crippen LogP contribution in [-0.4, -0.2) is 16.8 Å². The molecule has 0 radical (unpaired) electrons. The number of rotatable bonds is 5. The van der Waals surface area contributed by atoms with Crippen molar-refractivity contribution in [3.63, 3.8) is 0 Å². The molecule has 0 heterocycles. The minimum Gasteiger partial charge on any atom is -0.477 e. The molecule has 0 aliphatic carbocycles. The Labute approximate surface area is 150 Å². The van der Waals surface area contributed by atoms with E-state index >= 15 is 0 Å². The van der Waals surface area contributed by atoms with Crippen LogP contribution < -0.4 is 5.32 Å². The van der Waals surface area contributed by atoms with Crippen LogP contribution in [0.3, 0.4) is 0 Å². The number of carbonyl (C=O) groups is 1. The first-order valence-electron chi connectivity index (χ1n) is 6.81. The van der Waals surface area contributed by atoms with E-state index in [2.05, 4.69) is 5.32 Å². The van der Waals surface area contributed by atoms with Gasteiger partial charge >= 0.3 is 12.1 Å². The van der Waals surface area contributed by atoms with Gasteiger partial charge in [0.15, 0.2) is 0 Å². The third-order valence-corrected chi connectivity index (χ3v) is 3.90. The van der Waals surface area contributed by atoms with Crippen molar-refractivity contribution in [1.82, 2.24) is 0 Å². The first-order chi connectivity index (χ1) is 11.6. The summed E-state index contributed by atoms with van der Waals surface area (Å²) < 4.78 is 38.7. The van der Waals surface area contributed by atoms with Gasteiger partial charge in [0.1, 0.15) is 5.71 Å². The van der Waals surface area contributed by atoms with E-state index < -0.39 is 23.4 Å². The van der Waals surface area contributed by atoms with E-state index in [9.17, 15) is 18.0 Å². The van der Waals surface area contributed by atoms with Gasteiger partial charge in [-0.2, -0.15) is 13.2 Å². The first-order valence-corrected chi connectivity index (χ1v) is 7.56. The molecule has 3 N–H and O–H groups in total. The molecule has 9 heteroatoms. The van der Waals surface area contributed by atoms with Crippen LogP contribution in [0.15, 0.2) is 36.4 Å². The average molecular weight is 391 g/mol. The van der Waals surface area contributed by atoms with Crippen molar-refractivity contribution in [2.75, 3.05) is 5.32 Å². The predicted octanol–water partition coefficient (Wildman–Crippen LogP) is 5.08. The number of hydrogen-bond donors (Lipinski definition) is 3. The molecule has 25 heavy (non-hydrogen) atoms. The molecule has 0 unspecified atom stereocenters. The Morgan fingerprint density at radius 2 is 1.84 bits per heavy atom. The third kappa shape index (κ3) is 4.64. The van der Waals surface area contributed by atoms with Crippen LogP contribution in [-0.2, 0) is 17.5 Å². The zero-order valence-electron chi connectivity index (χ0n) is 12.4. The number of benzene rings is 2. The lowest BCUT2D eigenvalue weighted by Gasteiger charge is -2.15. The minimum atomic E-state index is -4.60. The molecule has 0 aromatic heterocycles. The third-order valence-electron chi connectivity index (χ3n) is 3.31. The summed E-state index contributed by atoms with van der Waals surface area (Å²) in [7, 11) is 0. The Hall–Kier alpha value is -2.25. The molecule has 0 atom stereocenters. The normalized spacial score (nSPS) is 11.2. The lowest BCUT2D eigenvalue weighted by Crippen LogP contribution is -2.17.